The van der Waals surface area contributed by atoms with Crippen molar-refractivity contribution in [1.29, 1.82) is 5.26 Å². The van der Waals surface area contributed by atoms with Gasteiger partial charge in [-0.1, -0.05) is 0 Å². The van der Waals surface area contributed by atoms with Crippen LogP contribution in [-0.2, 0) is 0 Å². The molecule has 2 aromatic heterocycles. The zero-order chi connectivity index (χ0) is 14.5. The van der Waals surface area contributed by atoms with Crippen molar-refractivity contribution < 1.29 is 0 Å². The number of anilines is 2. The van der Waals surface area contributed by atoms with Gasteiger partial charge in [0.15, 0.2) is 0 Å². The third-order valence-corrected chi connectivity index (χ3v) is 2.82. The normalized spacial score (nSPS) is 11.7. The third kappa shape index (κ3) is 2.80. The van der Waals surface area contributed by atoms with Crippen LogP contribution in [0.1, 0.15) is 13.3 Å². The number of nitrogens with zero attached hydrogens (tertiary/aromatic N) is 8. The fourth-order valence-electron chi connectivity index (χ4n) is 1.50. The second-order valence-corrected chi connectivity index (χ2v) is 4.17. The van der Waals surface area contributed by atoms with Crippen LogP contribution in [0.4, 0.5) is 11.9 Å². The molecule has 2 aromatic rings. The topological polar surface area (TPSA) is 108 Å². The molecule has 0 spiro atoms. The maximum atomic E-state index is 8.77. The van der Waals surface area contributed by atoms with Crippen LogP contribution >= 0.6 is 0 Å². The van der Waals surface area contributed by atoms with Crippen molar-refractivity contribution in [2.75, 3.05) is 24.3 Å². The monoisotopic (exact) mass is 273 g/mol. The second-order valence-electron chi connectivity index (χ2n) is 4.17. The van der Waals surface area contributed by atoms with E-state index >= 15 is 0 Å². The van der Waals surface area contributed by atoms with Gasteiger partial charge in [0.1, 0.15) is 12.7 Å². The van der Waals surface area contributed by atoms with Gasteiger partial charge in [0.25, 0.3) is 5.95 Å². The van der Waals surface area contributed by atoms with Gasteiger partial charge >= 0.3 is 0 Å². The van der Waals surface area contributed by atoms with E-state index in [1.807, 2.05) is 18.9 Å². The number of hydrogen-bond acceptors (Lipinski definition) is 8. The molecule has 1 atom stereocenters. The molecule has 0 aromatic carbocycles. The van der Waals surface area contributed by atoms with Gasteiger partial charge < -0.3 is 10.2 Å². The van der Waals surface area contributed by atoms with Crippen molar-refractivity contribution in [2.24, 2.45) is 0 Å². The Labute approximate surface area is 116 Å². The molecule has 20 heavy (non-hydrogen) atoms. The number of rotatable bonds is 5. The summed E-state index contributed by atoms with van der Waals surface area (Å²) in [6, 6.07) is 2.13. The third-order valence-electron chi connectivity index (χ3n) is 2.82. The minimum Gasteiger partial charge on any atom is -0.357 e. The molecule has 2 heterocycles. The second kappa shape index (κ2) is 5.92. The Bertz CT molecular complexity index is 601. The van der Waals surface area contributed by atoms with Gasteiger partial charge in [0.2, 0.25) is 11.9 Å². The molecule has 9 heteroatoms. The van der Waals surface area contributed by atoms with E-state index in [2.05, 4.69) is 36.4 Å². The molecular formula is C11H15N9. The average Bonchev–Trinajstić information content (AvgIpc) is 3.00. The van der Waals surface area contributed by atoms with E-state index in [1.54, 1.807) is 7.05 Å². The molecular weight excluding hydrogens is 258 g/mol. The van der Waals surface area contributed by atoms with Gasteiger partial charge in [0.05, 0.1) is 12.5 Å². The minimum atomic E-state index is -0.00398. The minimum absolute atomic E-state index is 0.00398. The molecule has 0 radical (unpaired) electrons. The van der Waals surface area contributed by atoms with Crippen molar-refractivity contribution in [2.45, 2.75) is 19.4 Å². The molecule has 0 saturated carbocycles. The van der Waals surface area contributed by atoms with E-state index in [4.69, 9.17) is 5.26 Å². The largest absolute Gasteiger partial charge is 0.357 e. The average molecular weight is 273 g/mol. The van der Waals surface area contributed by atoms with E-state index in [-0.39, 0.29) is 6.04 Å². The summed E-state index contributed by atoms with van der Waals surface area (Å²) in [6.45, 7) is 1.93. The van der Waals surface area contributed by atoms with Gasteiger partial charge in [-0.15, -0.1) is 0 Å². The lowest BCUT2D eigenvalue weighted by Crippen LogP contribution is -2.30. The lowest BCUT2D eigenvalue weighted by molar-refractivity contribution is 0.674. The van der Waals surface area contributed by atoms with Gasteiger partial charge in [-0.3, -0.25) is 0 Å². The first kappa shape index (κ1) is 13.7. The molecule has 1 unspecified atom stereocenters. The lowest BCUT2D eigenvalue weighted by atomic mass is 10.2. The van der Waals surface area contributed by atoms with E-state index in [1.165, 1.54) is 17.3 Å². The zero-order valence-corrected chi connectivity index (χ0v) is 11.5. The molecule has 1 N–H and O–H groups in total. The SMILES string of the molecule is CNc1nc(N(C)C(C)CC#N)nc(-n2cncn2)n1. The van der Waals surface area contributed by atoms with Gasteiger partial charge in [-0.05, 0) is 6.92 Å². The van der Waals surface area contributed by atoms with Crippen LogP contribution in [-0.4, -0.2) is 49.9 Å². The van der Waals surface area contributed by atoms with Crippen LogP contribution in [0.2, 0.25) is 0 Å². The first-order chi connectivity index (χ1) is 9.65. The summed E-state index contributed by atoms with van der Waals surface area (Å²) in [4.78, 5) is 18.5. The Morgan fingerprint density at radius 3 is 2.85 bits per heavy atom. The molecule has 104 valence electrons. The number of nitriles is 1. The quantitative estimate of drug-likeness (QED) is 0.824. The molecule has 0 bridgehead atoms. The maximum Gasteiger partial charge on any atom is 0.258 e. The van der Waals surface area contributed by atoms with Gasteiger partial charge in [0, 0.05) is 20.1 Å². The zero-order valence-electron chi connectivity index (χ0n) is 11.5. The Morgan fingerprint density at radius 2 is 2.25 bits per heavy atom. The standard InChI is InChI=1S/C11H15N9/c1-8(4-5-12)19(3)10-16-9(13-2)17-11(18-10)20-7-14-6-15-20/h6-8H,4H2,1-3H3,(H,13,16,17,18). The Hall–Kier alpha value is -2.76. The highest BCUT2D eigenvalue weighted by molar-refractivity contribution is 5.39. The first-order valence-corrected chi connectivity index (χ1v) is 6.04. The fraction of sp³-hybridized carbons (Fsp3) is 0.455. The van der Waals surface area contributed by atoms with E-state index in [0.29, 0.717) is 24.3 Å². The summed E-state index contributed by atoms with van der Waals surface area (Å²) in [6.07, 6.45) is 3.30. The Morgan fingerprint density at radius 1 is 1.45 bits per heavy atom. The number of hydrogen-bond donors (Lipinski definition) is 1. The first-order valence-electron chi connectivity index (χ1n) is 6.04. The van der Waals surface area contributed by atoms with E-state index in [9.17, 15) is 0 Å². The van der Waals surface area contributed by atoms with Crippen molar-refractivity contribution >= 4 is 11.9 Å². The van der Waals surface area contributed by atoms with Gasteiger partial charge in [-0.2, -0.15) is 30.0 Å². The highest BCUT2D eigenvalue weighted by Gasteiger charge is 2.16. The molecule has 0 saturated heterocycles. The molecule has 0 aliphatic rings. The van der Waals surface area contributed by atoms with Crippen LogP contribution < -0.4 is 10.2 Å². The summed E-state index contributed by atoms with van der Waals surface area (Å²) in [5.74, 6) is 1.27. The summed E-state index contributed by atoms with van der Waals surface area (Å²) in [5, 5.41) is 15.7. The van der Waals surface area contributed by atoms with E-state index < -0.39 is 0 Å². The van der Waals surface area contributed by atoms with Crippen molar-refractivity contribution in [1.82, 2.24) is 29.7 Å². The molecule has 0 fully saturated rings. The molecule has 0 aliphatic carbocycles. The predicted molar refractivity (Wildman–Crippen MR) is 72.4 cm³/mol. The van der Waals surface area contributed by atoms with Crippen LogP contribution in [0, 0.1) is 11.3 Å². The Kier molecular flexibility index (Phi) is 4.05. The highest BCUT2D eigenvalue weighted by atomic mass is 15.4. The predicted octanol–water partition coefficient (Wildman–Crippen LogP) is 0.232. The van der Waals surface area contributed by atoms with Crippen molar-refractivity contribution in [3.8, 4) is 12.0 Å². The molecule has 0 amide bonds. The summed E-state index contributed by atoms with van der Waals surface area (Å²) >= 11 is 0. The van der Waals surface area contributed by atoms with E-state index in [0.717, 1.165) is 0 Å². The Balaban J connectivity index is 2.38. The van der Waals surface area contributed by atoms with Crippen molar-refractivity contribution in [3.63, 3.8) is 0 Å². The molecule has 0 aliphatic heterocycles. The smallest absolute Gasteiger partial charge is 0.258 e. The summed E-state index contributed by atoms with van der Waals surface area (Å²) in [7, 11) is 3.56. The maximum absolute atomic E-state index is 8.77. The van der Waals surface area contributed by atoms with Crippen LogP contribution in [0.5, 0.6) is 0 Å². The van der Waals surface area contributed by atoms with Gasteiger partial charge in [-0.25, -0.2) is 4.98 Å². The highest BCUT2D eigenvalue weighted by Crippen LogP contribution is 2.14. The van der Waals surface area contributed by atoms with Crippen LogP contribution in [0.3, 0.4) is 0 Å². The number of nitrogens with one attached hydrogen (secondary N) is 1. The summed E-state index contributed by atoms with van der Waals surface area (Å²) in [5.41, 5.74) is 0. The van der Waals surface area contributed by atoms with Crippen LogP contribution in [0.15, 0.2) is 12.7 Å². The number of aromatic nitrogens is 6. The van der Waals surface area contributed by atoms with Crippen LogP contribution in [0.25, 0.3) is 5.95 Å². The molecule has 2 rings (SSSR count). The summed E-state index contributed by atoms with van der Waals surface area (Å²) < 4.78 is 1.45. The fourth-order valence-corrected chi connectivity index (χ4v) is 1.50. The molecule has 9 nitrogen and oxygen atoms in total. The van der Waals surface area contributed by atoms with Crippen molar-refractivity contribution in [3.05, 3.63) is 12.7 Å². The lowest BCUT2D eigenvalue weighted by Gasteiger charge is -2.23.